The minimum absolute atomic E-state index is 0.0191. The molecule has 5 nitrogen and oxygen atoms in total. The number of thiophene rings is 1. The Balaban J connectivity index is 2.02. The minimum atomic E-state index is -3.93. The molecule has 0 aliphatic carbocycles. The van der Waals surface area contributed by atoms with Crippen molar-refractivity contribution in [3.8, 4) is 0 Å². The van der Waals surface area contributed by atoms with Crippen LogP contribution in [0.15, 0.2) is 61.9 Å². The number of amidine groups is 1. The fourth-order valence-electron chi connectivity index (χ4n) is 2.20. The van der Waals surface area contributed by atoms with Gasteiger partial charge in [0.05, 0.1) is 4.91 Å². The molecule has 0 spiro atoms. The van der Waals surface area contributed by atoms with Crippen molar-refractivity contribution in [1.29, 1.82) is 0 Å². The summed E-state index contributed by atoms with van der Waals surface area (Å²) in [6.45, 7) is 3.68. The molecule has 2 heterocycles. The van der Waals surface area contributed by atoms with E-state index in [0.717, 1.165) is 23.1 Å². The first kappa shape index (κ1) is 20.2. The van der Waals surface area contributed by atoms with Crippen LogP contribution in [-0.4, -0.2) is 30.9 Å². The van der Waals surface area contributed by atoms with E-state index in [1.807, 2.05) is 22.6 Å². The van der Waals surface area contributed by atoms with Crippen molar-refractivity contribution in [2.24, 2.45) is 4.40 Å². The summed E-state index contributed by atoms with van der Waals surface area (Å²) in [5, 5.41) is 1.65. The average Bonchev–Trinajstić information content (AvgIpc) is 3.25. The maximum Gasteiger partial charge on any atom is 0.294 e. The molecule has 0 unspecified atom stereocenters. The number of benzene rings is 1. The summed E-state index contributed by atoms with van der Waals surface area (Å²) in [5.41, 5.74) is 0.249. The monoisotopic (exact) mass is 534 g/mol. The maximum absolute atomic E-state index is 14.3. The quantitative estimate of drug-likeness (QED) is 0.325. The van der Waals surface area contributed by atoms with E-state index in [4.69, 9.17) is 0 Å². The van der Waals surface area contributed by atoms with E-state index < -0.39 is 21.7 Å². The summed E-state index contributed by atoms with van der Waals surface area (Å²) in [6.07, 6.45) is 2.88. The normalized spacial score (nSPS) is 17.9. The van der Waals surface area contributed by atoms with E-state index >= 15 is 0 Å². The van der Waals surface area contributed by atoms with Crippen LogP contribution in [0.4, 0.5) is 4.39 Å². The molecule has 1 aromatic heterocycles. The van der Waals surface area contributed by atoms with Crippen molar-refractivity contribution in [3.05, 3.63) is 68.2 Å². The molecule has 0 radical (unpaired) electrons. The molecule has 1 aliphatic rings. The van der Waals surface area contributed by atoms with E-state index in [1.54, 1.807) is 29.6 Å². The Morgan fingerprint density at radius 3 is 2.74 bits per heavy atom. The van der Waals surface area contributed by atoms with Crippen molar-refractivity contribution < 1.29 is 17.6 Å². The lowest BCUT2D eigenvalue weighted by Crippen LogP contribution is -2.29. The van der Waals surface area contributed by atoms with Crippen LogP contribution in [0.2, 0.25) is 0 Å². The second kappa shape index (κ2) is 8.25. The Morgan fingerprint density at radius 2 is 2.07 bits per heavy atom. The van der Waals surface area contributed by atoms with Crippen molar-refractivity contribution >= 4 is 72.9 Å². The molecule has 2 aromatic rings. The molecule has 0 saturated carbocycles. The zero-order valence-electron chi connectivity index (χ0n) is 13.6. The number of nitrogens with zero attached hydrogens (tertiary/aromatic N) is 2. The van der Waals surface area contributed by atoms with Crippen LogP contribution in [0.25, 0.3) is 6.08 Å². The van der Waals surface area contributed by atoms with Gasteiger partial charge in [0.25, 0.3) is 15.9 Å². The fourth-order valence-corrected chi connectivity index (χ4v) is 5.87. The van der Waals surface area contributed by atoms with Gasteiger partial charge in [0.15, 0.2) is 5.17 Å². The SMILES string of the molecule is C=CCN1C(=O)/C(=C/c2cccc(I)c2F)S/C1=N/S(=O)(=O)c1cccs1. The van der Waals surface area contributed by atoms with E-state index in [9.17, 15) is 17.6 Å². The minimum Gasteiger partial charge on any atom is -0.282 e. The largest absolute Gasteiger partial charge is 0.294 e. The van der Waals surface area contributed by atoms with Gasteiger partial charge in [-0.3, -0.25) is 9.69 Å². The zero-order valence-corrected chi connectivity index (χ0v) is 18.2. The molecule has 1 amide bonds. The number of halogens is 2. The zero-order chi connectivity index (χ0) is 19.6. The van der Waals surface area contributed by atoms with Gasteiger partial charge in [-0.15, -0.1) is 22.3 Å². The van der Waals surface area contributed by atoms with Crippen LogP contribution < -0.4 is 0 Å². The van der Waals surface area contributed by atoms with Gasteiger partial charge in [0.2, 0.25) is 0 Å². The van der Waals surface area contributed by atoms with Crippen LogP contribution >= 0.6 is 45.7 Å². The Hall–Kier alpha value is -1.50. The summed E-state index contributed by atoms with van der Waals surface area (Å²) >= 11 is 3.80. The van der Waals surface area contributed by atoms with E-state index in [2.05, 4.69) is 11.0 Å². The number of carbonyl (C=O) groups excluding carboxylic acids is 1. The highest BCUT2D eigenvalue weighted by Gasteiger charge is 2.34. The molecule has 3 rings (SSSR count). The highest BCUT2D eigenvalue weighted by molar-refractivity contribution is 14.1. The standard InChI is InChI=1S/C17H12FIN2O3S3/c1-2-8-21-16(22)13(10-11-5-3-6-12(19)15(11)18)26-17(21)20-27(23,24)14-7-4-9-25-14/h2-7,9-10H,1,8H2/b13-10-,20-17+. The summed E-state index contributed by atoms with van der Waals surface area (Å²) in [4.78, 5) is 14.1. The van der Waals surface area contributed by atoms with Gasteiger partial charge >= 0.3 is 0 Å². The molecular weight excluding hydrogens is 522 g/mol. The first-order valence-corrected chi connectivity index (χ1v) is 11.7. The van der Waals surface area contributed by atoms with Crippen molar-refractivity contribution in [2.45, 2.75) is 4.21 Å². The highest BCUT2D eigenvalue weighted by atomic mass is 127. The topological polar surface area (TPSA) is 66.8 Å². The first-order chi connectivity index (χ1) is 12.8. The first-order valence-electron chi connectivity index (χ1n) is 7.48. The lowest BCUT2D eigenvalue weighted by Gasteiger charge is -2.12. The molecule has 1 saturated heterocycles. The van der Waals surface area contributed by atoms with Crippen molar-refractivity contribution in [1.82, 2.24) is 4.90 Å². The Bertz CT molecular complexity index is 1060. The molecule has 10 heteroatoms. The Morgan fingerprint density at radius 1 is 1.30 bits per heavy atom. The van der Waals surface area contributed by atoms with Gasteiger partial charge in [-0.2, -0.15) is 8.42 Å². The van der Waals surface area contributed by atoms with Crippen molar-refractivity contribution in [3.63, 3.8) is 0 Å². The molecule has 0 atom stereocenters. The molecule has 0 bridgehead atoms. The molecule has 1 fully saturated rings. The Labute approximate surface area is 177 Å². The van der Waals surface area contributed by atoms with E-state index in [-0.39, 0.29) is 26.4 Å². The summed E-state index contributed by atoms with van der Waals surface area (Å²) < 4.78 is 43.5. The third-order valence-electron chi connectivity index (χ3n) is 3.42. The van der Waals surface area contributed by atoms with Gasteiger partial charge in [-0.25, -0.2) is 4.39 Å². The molecular formula is C17H12FIN2O3S3. The number of thioether (sulfide) groups is 1. The number of rotatable bonds is 5. The summed E-state index contributed by atoms with van der Waals surface area (Å²) in [7, 11) is -3.93. The summed E-state index contributed by atoms with van der Waals surface area (Å²) in [6, 6.07) is 7.90. The van der Waals surface area contributed by atoms with Gasteiger partial charge < -0.3 is 0 Å². The van der Waals surface area contributed by atoms with Crippen molar-refractivity contribution in [2.75, 3.05) is 6.54 Å². The lowest BCUT2D eigenvalue weighted by molar-refractivity contribution is -0.121. The van der Waals surface area contributed by atoms with Crippen LogP contribution in [0, 0.1) is 9.39 Å². The second-order valence-corrected chi connectivity index (χ2v) is 10.2. The lowest BCUT2D eigenvalue weighted by atomic mass is 10.2. The third kappa shape index (κ3) is 4.33. The van der Waals surface area contributed by atoms with E-state index in [1.165, 1.54) is 23.1 Å². The molecule has 1 aromatic carbocycles. The van der Waals surface area contributed by atoms with Gasteiger partial charge in [-0.1, -0.05) is 24.3 Å². The molecule has 1 aliphatic heterocycles. The highest BCUT2D eigenvalue weighted by Crippen LogP contribution is 2.34. The average molecular weight is 534 g/mol. The van der Waals surface area contributed by atoms with Crippen LogP contribution in [0.1, 0.15) is 5.56 Å². The molecule has 0 N–H and O–H groups in total. The van der Waals surface area contributed by atoms with E-state index in [0.29, 0.717) is 3.57 Å². The Kier molecular flexibility index (Phi) is 6.18. The van der Waals surface area contributed by atoms with Crippen LogP contribution in [0.5, 0.6) is 0 Å². The second-order valence-electron chi connectivity index (χ2n) is 5.24. The summed E-state index contributed by atoms with van der Waals surface area (Å²) in [5.74, 6) is -0.885. The predicted octanol–water partition coefficient (Wildman–Crippen LogP) is 4.34. The number of sulfonamides is 1. The predicted molar refractivity (Wildman–Crippen MR) is 116 cm³/mol. The van der Waals surface area contributed by atoms with Gasteiger partial charge in [0, 0.05) is 15.7 Å². The maximum atomic E-state index is 14.3. The van der Waals surface area contributed by atoms with Gasteiger partial charge in [-0.05, 0) is 57.9 Å². The number of hydrogen-bond acceptors (Lipinski definition) is 5. The van der Waals surface area contributed by atoms with Crippen LogP contribution in [0.3, 0.4) is 0 Å². The number of carbonyl (C=O) groups is 1. The smallest absolute Gasteiger partial charge is 0.282 e. The molecule has 140 valence electrons. The van der Waals surface area contributed by atoms with Crippen LogP contribution in [-0.2, 0) is 14.8 Å². The number of amides is 1. The molecule has 27 heavy (non-hydrogen) atoms. The number of hydrogen-bond donors (Lipinski definition) is 0. The van der Waals surface area contributed by atoms with Gasteiger partial charge in [0.1, 0.15) is 10.0 Å². The fraction of sp³-hybridized carbons (Fsp3) is 0.0588. The third-order valence-corrected chi connectivity index (χ3v) is 8.01.